The molecule has 0 aliphatic rings. The molecule has 0 fully saturated rings. The molecule has 4 rings (SSSR count). The molecule has 3 aromatic carbocycles. The van der Waals surface area contributed by atoms with E-state index in [4.69, 9.17) is 32.7 Å². The van der Waals surface area contributed by atoms with Crippen molar-refractivity contribution in [3.05, 3.63) is 81.8 Å². The first-order valence-electron chi connectivity index (χ1n) is 10.5. The Morgan fingerprint density at radius 2 is 1.88 bits per heavy atom. The van der Waals surface area contributed by atoms with Gasteiger partial charge in [-0.15, -0.1) is 0 Å². The Balaban J connectivity index is 1.60. The Labute approximate surface area is 211 Å². The minimum Gasteiger partial charge on any atom is -0.494 e. The average molecular weight is 514 g/mol. The van der Waals surface area contributed by atoms with Gasteiger partial charge < -0.3 is 9.47 Å². The summed E-state index contributed by atoms with van der Waals surface area (Å²) in [5.74, 6) is 0.723. The first-order chi connectivity index (χ1) is 16.4. The summed E-state index contributed by atoms with van der Waals surface area (Å²) in [6.45, 7) is 4.24. The Kier molecular flexibility index (Phi) is 7.67. The van der Waals surface area contributed by atoms with Crippen LogP contribution in [0.25, 0.3) is 10.2 Å². The molecule has 34 heavy (non-hydrogen) atoms. The molecule has 0 radical (unpaired) electrons. The molecule has 1 aromatic heterocycles. The van der Waals surface area contributed by atoms with Crippen molar-refractivity contribution in [3.8, 4) is 11.5 Å². The van der Waals surface area contributed by atoms with Crippen LogP contribution in [0.3, 0.4) is 0 Å². The number of ether oxygens (including phenoxy) is 2. The lowest BCUT2D eigenvalue weighted by Gasteiger charge is -2.15. The van der Waals surface area contributed by atoms with Crippen LogP contribution in [0.4, 0.5) is 5.13 Å². The van der Waals surface area contributed by atoms with E-state index in [9.17, 15) is 4.79 Å². The second-order valence-electron chi connectivity index (χ2n) is 7.28. The summed E-state index contributed by atoms with van der Waals surface area (Å²) in [4.78, 5) is 17.8. The molecule has 6 nitrogen and oxygen atoms in total. The highest BCUT2D eigenvalue weighted by molar-refractivity contribution is 7.22. The standard InChI is InChI=1S/C25H21Cl2N3O3S/c1-3-32-19-8-5-17(6-9-19)14-28-30(25-29-21-10-4-16(2)12-23(21)34-25)24(31)15-33-22-11-7-18(26)13-20(22)27/h4-14H,3,15H2,1-2H3/b28-14+. The van der Waals surface area contributed by atoms with Crippen LogP contribution >= 0.6 is 34.5 Å². The van der Waals surface area contributed by atoms with Gasteiger partial charge in [-0.05, 0) is 79.6 Å². The Morgan fingerprint density at radius 1 is 1.09 bits per heavy atom. The van der Waals surface area contributed by atoms with Gasteiger partial charge in [0.25, 0.3) is 5.91 Å². The van der Waals surface area contributed by atoms with Crippen LogP contribution in [0.5, 0.6) is 11.5 Å². The summed E-state index contributed by atoms with van der Waals surface area (Å²) >= 11 is 13.5. The van der Waals surface area contributed by atoms with Crippen molar-refractivity contribution >= 4 is 62.0 Å². The van der Waals surface area contributed by atoms with E-state index in [1.165, 1.54) is 16.3 Å². The molecule has 1 amide bonds. The highest BCUT2D eigenvalue weighted by Gasteiger charge is 2.20. The number of hydrogen-bond donors (Lipinski definition) is 0. The minimum absolute atomic E-state index is 0.281. The van der Waals surface area contributed by atoms with Gasteiger partial charge in [0, 0.05) is 5.02 Å². The van der Waals surface area contributed by atoms with Gasteiger partial charge in [-0.3, -0.25) is 4.79 Å². The molecule has 0 saturated carbocycles. The van der Waals surface area contributed by atoms with Gasteiger partial charge >= 0.3 is 0 Å². The highest BCUT2D eigenvalue weighted by atomic mass is 35.5. The first-order valence-corrected chi connectivity index (χ1v) is 12.0. The van der Waals surface area contributed by atoms with E-state index in [1.807, 2.05) is 56.3 Å². The number of thiazole rings is 1. The zero-order valence-electron chi connectivity index (χ0n) is 18.5. The monoisotopic (exact) mass is 513 g/mol. The van der Waals surface area contributed by atoms with E-state index in [0.29, 0.717) is 27.5 Å². The second kappa shape index (κ2) is 10.9. The molecule has 0 saturated heterocycles. The highest BCUT2D eigenvalue weighted by Crippen LogP contribution is 2.31. The van der Waals surface area contributed by atoms with Gasteiger partial charge in [0.15, 0.2) is 6.61 Å². The van der Waals surface area contributed by atoms with Crippen LogP contribution in [0.2, 0.25) is 10.0 Å². The van der Waals surface area contributed by atoms with Gasteiger partial charge in [0.1, 0.15) is 11.5 Å². The molecular weight excluding hydrogens is 493 g/mol. The Morgan fingerprint density at radius 3 is 2.62 bits per heavy atom. The topological polar surface area (TPSA) is 64.0 Å². The van der Waals surface area contributed by atoms with Gasteiger partial charge in [-0.25, -0.2) is 4.98 Å². The fraction of sp³-hybridized carbons (Fsp3) is 0.160. The van der Waals surface area contributed by atoms with Crippen molar-refractivity contribution in [1.29, 1.82) is 0 Å². The second-order valence-corrected chi connectivity index (χ2v) is 9.14. The molecule has 0 aliphatic heterocycles. The maximum Gasteiger partial charge on any atom is 0.287 e. The number of nitrogens with zero attached hydrogens (tertiary/aromatic N) is 3. The lowest BCUT2D eigenvalue weighted by molar-refractivity contribution is -0.120. The fourth-order valence-electron chi connectivity index (χ4n) is 3.06. The van der Waals surface area contributed by atoms with Gasteiger partial charge in [-0.1, -0.05) is 40.6 Å². The van der Waals surface area contributed by atoms with E-state index < -0.39 is 5.91 Å². The minimum atomic E-state index is -0.399. The molecule has 0 spiro atoms. The SMILES string of the molecule is CCOc1ccc(/C=N/N(C(=O)COc2ccc(Cl)cc2Cl)c2nc3ccc(C)cc3s2)cc1. The van der Waals surface area contributed by atoms with Crippen molar-refractivity contribution in [3.63, 3.8) is 0 Å². The summed E-state index contributed by atoms with van der Waals surface area (Å²) in [5, 5.41) is 6.93. The van der Waals surface area contributed by atoms with Crippen LogP contribution in [-0.4, -0.2) is 30.3 Å². The average Bonchev–Trinajstić information content (AvgIpc) is 3.22. The number of anilines is 1. The predicted octanol–water partition coefficient (Wildman–Crippen LogP) is 6.76. The molecule has 0 atom stereocenters. The normalized spacial score (nSPS) is 11.2. The number of benzene rings is 3. The fourth-order valence-corrected chi connectivity index (χ4v) is 4.57. The number of halogens is 2. The summed E-state index contributed by atoms with van der Waals surface area (Å²) in [6, 6.07) is 18.2. The Hall–Kier alpha value is -3.13. The first kappa shape index (κ1) is 24.0. The van der Waals surface area contributed by atoms with Gasteiger partial charge in [-0.2, -0.15) is 10.1 Å². The van der Waals surface area contributed by atoms with Crippen LogP contribution in [0.1, 0.15) is 18.1 Å². The summed E-state index contributed by atoms with van der Waals surface area (Å²) in [5.41, 5.74) is 2.71. The maximum atomic E-state index is 13.2. The Bertz CT molecular complexity index is 1340. The lowest BCUT2D eigenvalue weighted by atomic mass is 10.2. The number of aryl methyl sites for hydroxylation is 1. The van der Waals surface area contributed by atoms with E-state index in [1.54, 1.807) is 24.4 Å². The van der Waals surface area contributed by atoms with Gasteiger partial charge in [0.2, 0.25) is 5.13 Å². The number of carbonyl (C=O) groups is 1. The number of hydrogen-bond acceptors (Lipinski definition) is 6. The predicted molar refractivity (Wildman–Crippen MR) is 139 cm³/mol. The van der Waals surface area contributed by atoms with Crippen LogP contribution in [-0.2, 0) is 4.79 Å². The molecule has 174 valence electrons. The summed E-state index contributed by atoms with van der Waals surface area (Å²) in [7, 11) is 0. The summed E-state index contributed by atoms with van der Waals surface area (Å²) < 4.78 is 12.1. The van der Waals surface area contributed by atoms with Crippen molar-refractivity contribution in [2.75, 3.05) is 18.2 Å². The molecular formula is C25H21Cl2N3O3S. The van der Waals surface area contributed by atoms with Crippen molar-refractivity contribution in [1.82, 2.24) is 4.98 Å². The number of carbonyl (C=O) groups excluding carboxylic acids is 1. The van der Waals surface area contributed by atoms with Crippen molar-refractivity contribution < 1.29 is 14.3 Å². The molecule has 9 heteroatoms. The third-order valence-corrected chi connectivity index (χ3v) is 6.23. The molecule has 0 bridgehead atoms. The smallest absolute Gasteiger partial charge is 0.287 e. The maximum absolute atomic E-state index is 13.2. The number of rotatable bonds is 8. The molecule has 0 unspecified atom stereocenters. The van der Waals surface area contributed by atoms with E-state index in [0.717, 1.165) is 27.1 Å². The van der Waals surface area contributed by atoms with Crippen LogP contribution < -0.4 is 14.5 Å². The molecule has 0 N–H and O–H groups in total. The molecule has 4 aromatic rings. The van der Waals surface area contributed by atoms with E-state index >= 15 is 0 Å². The van der Waals surface area contributed by atoms with E-state index in [2.05, 4.69) is 10.1 Å². The third-order valence-electron chi connectivity index (χ3n) is 4.71. The number of fused-ring (bicyclic) bond motifs is 1. The van der Waals surface area contributed by atoms with E-state index in [-0.39, 0.29) is 6.61 Å². The third kappa shape index (κ3) is 5.86. The number of hydrazone groups is 1. The van der Waals surface area contributed by atoms with Crippen molar-refractivity contribution in [2.45, 2.75) is 13.8 Å². The van der Waals surface area contributed by atoms with Crippen LogP contribution in [0, 0.1) is 6.92 Å². The zero-order chi connectivity index (χ0) is 24.1. The number of amides is 1. The zero-order valence-corrected chi connectivity index (χ0v) is 20.8. The molecule has 0 aliphatic carbocycles. The van der Waals surface area contributed by atoms with Gasteiger partial charge in [0.05, 0.1) is 28.1 Å². The quantitative estimate of drug-likeness (QED) is 0.193. The van der Waals surface area contributed by atoms with Crippen LogP contribution in [0.15, 0.2) is 65.8 Å². The molecule has 1 heterocycles. The summed E-state index contributed by atoms with van der Waals surface area (Å²) in [6.07, 6.45) is 1.60. The largest absolute Gasteiger partial charge is 0.494 e. The number of aromatic nitrogens is 1. The van der Waals surface area contributed by atoms with Crippen molar-refractivity contribution in [2.24, 2.45) is 5.10 Å². The lowest BCUT2D eigenvalue weighted by Crippen LogP contribution is -2.30.